The largest absolute Gasteiger partial charge is 0.341 e. The number of anilines is 1. The normalized spacial score (nSPS) is 20.8. The first-order valence-corrected chi connectivity index (χ1v) is 10.6. The summed E-state index contributed by atoms with van der Waals surface area (Å²) in [6.45, 7) is 6.67. The van der Waals surface area contributed by atoms with Crippen LogP contribution in [-0.4, -0.2) is 59.0 Å². The van der Waals surface area contributed by atoms with Gasteiger partial charge in [-0.3, -0.25) is 4.90 Å². The molecule has 2 aliphatic rings. The Kier molecular flexibility index (Phi) is 5.65. The van der Waals surface area contributed by atoms with Crippen LogP contribution in [0.25, 0.3) is 0 Å². The molecule has 5 heteroatoms. The topological polar surface area (TPSA) is 35.5 Å². The van der Waals surface area contributed by atoms with Crippen molar-refractivity contribution in [1.82, 2.24) is 19.8 Å². The summed E-state index contributed by atoms with van der Waals surface area (Å²) < 4.78 is 0. The van der Waals surface area contributed by atoms with Crippen LogP contribution in [0, 0.1) is 0 Å². The quantitative estimate of drug-likeness (QED) is 0.791. The Hall–Kier alpha value is -1.98. The van der Waals surface area contributed by atoms with Crippen molar-refractivity contribution in [3.05, 3.63) is 53.9 Å². The van der Waals surface area contributed by atoms with Crippen LogP contribution in [0.5, 0.6) is 0 Å². The van der Waals surface area contributed by atoms with Crippen LogP contribution in [0.1, 0.15) is 49.8 Å². The molecule has 2 fully saturated rings. The maximum Gasteiger partial charge on any atom is 0.225 e. The van der Waals surface area contributed by atoms with Crippen LogP contribution in [-0.2, 0) is 6.54 Å². The van der Waals surface area contributed by atoms with Gasteiger partial charge in [-0.1, -0.05) is 24.3 Å². The van der Waals surface area contributed by atoms with Crippen LogP contribution in [0.3, 0.4) is 0 Å². The minimum atomic E-state index is 0.356. The van der Waals surface area contributed by atoms with Crippen molar-refractivity contribution in [2.24, 2.45) is 0 Å². The molecule has 0 saturated carbocycles. The molecule has 0 bridgehead atoms. The molecule has 3 heterocycles. The molecule has 150 valence electrons. The van der Waals surface area contributed by atoms with Crippen molar-refractivity contribution >= 4 is 5.95 Å². The summed E-state index contributed by atoms with van der Waals surface area (Å²) in [5.41, 5.74) is 3.21. The summed E-state index contributed by atoms with van der Waals surface area (Å²) in [6.07, 6.45) is 8.74. The number of rotatable bonds is 5. The molecule has 1 atom stereocenters. The molecule has 1 spiro atoms. The van der Waals surface area contributed by atoms with E-state index in [1.54, 1.807) is 0 Å². The first kappa shape index (κ1) is 19.3. The van der Waals surface area contributed by atoms with Gasteiger partial charge in [0.1, 0.15) is 0 Å². The van der Waals surface area contributed by atoms with E-state index in [0.717, 1.165) is 25.6 Å². The maximum absolute atomic E-state index is 4.44. The van der Waals surface area contributed by atoms with Crippen LogP contribution in [0.4, 0.5) is 5.95 Å². The molecule has 2 saturated heterocycles. The summed E-state index contributed by atoms with van der Waals surface area (Å²) in [6, 6.07) is 11.5. The van der Waals surface area contributed by atoms with E-state index in [4.69, 9.17) is 0 Å². The Labute approximate surface area is 169 Å². The van der Waals surface area contributed by atoms with Gasteiger partial charge in [-0.05, 0) is 70.4 Å². The van der Waals surface area contributed by atoms with Gasteiger partial charge in [0.05, 0.1) is 0 Å². The number of hydrogen-bond acceptors (Lipinski definition) is 5. The Morgan fingerprint density at radius 1 is 1.04 bits per heavy atom. The Morgan fingerprint density at radius 3 is 2.50 bits per heavy atom. The molecule has 2 aromatic rings. The highest BCUT2D eigenvalue weighted by atomic mass is 15.3. The molecule has 0 radical (unpaired) electrons. The summed E-state index contributed by atoms with van der Waals surface area (Å²) in [5.74, 6) is 0.882. The second kappa shape index (κ2) is 8.18. The first-order valence-electron chi connectivity index (χ1n) is 10.6. The number of benzene rings is 1. The third kappa shape index (κ3) is 3.91. The van der Waals surface area contributed by atoms with Crippen molar-refractivity contribution in [1.29, 1.82) is 0 Å². The Morgan fingerprint density at radius 2 is 1.79 bits per heavy atom. The van der Waals surface area contributed by atoms with Gasteiger partial charge >= 0.3 is 0 Å². The molecule has 0 N–H and O–H groups in total. The van der Waals surface area contributed by atoms with Gasteiger partial charge in [-0.25, -0.2) is 9.97 Å². The van der Waals surface area contributed by atoms with E-state index >= 15 is 0 Å². The first-order chi connectivity index (χ1) is 13.6. The van der Waals surface area contributed by atoms with Crippen molar-refractivity contribution in [3.63, 3.8) is 0 Å². The molecule has 2 aliphatic heterocycles. The molecule has 28 heavy (non-hydrogen) atoms. The predicted octanol–water partition coefficient (Wildman–Crippen LogP) is 3.73. The number of piperidine rings is 1. The van der Waals surface area contributed by atoms with E-state index in [9.17, 15) is 0 Å². The fourth-order valence-electron chi connectivity index (χ4n) is 4.85. The van der Waals surface area contributed by atoms with E-state index in [1.165, 1.54) is 43.4 Å². The SMILES string of the molecule is CC(c1cccc(CN2CCCC23CCN(c2ncccn2)CC3)c1)N(C)C. The van der Waals surface area contributed by atoms with Crippen molar-refractivity contribution in [2.75, 3.05) is 38.6 Å². The number of likely N-dealkylation sites (tertiary alicyclic amines) is 1. The zero-order chi connectivity index (χ0) is 19.6. The van der Waals surface area contributed by atoms with Gasteiger partial charge in [0.25, 0.3) is 0 Å². The van der Waals surface area contributed by atoms with Crippen LogP contribution in [0.15, 0.2) is 42.7 Å². The lowest BCUT2D eigenvalue weighted by atomic mass is 9.84. The second-order valence-electron chi connectivity index (χ2n) is 8.67. The highest BCUT2D eigenvalue weighted by molar-refractivity contribution is 5.31. The predicted molar refractivity (Wildman–Crippen MR) is 114 cm³/mol. The third-order valence-corrected chi connectivity index (χ3v) is 6.85. The standard InChI is InChI=1S/C23H33N5/c1-19(26(2)3)21-8-4-7-20(17-21)18-28-14-5-9-23(28)10-15-27(16-11-23)22-24-12-6-13-25-22/h4,6-8,12-13,17,19H,5,9-11,14-16,18H2,1-3H3. The van der Waals surface area contributed by atoms with E-state index in [2.05, 4.69) is 70.0 Å². The fourth-order valence-corrected chi connectivity index (χ4v) is 4.85. The minimum absolute atomic E-state index is 0.356. The monoisotopic (exact) mass is 379 g/mol. The lowest BCUT2D eigenvalue weighted by Gasteiger charge is -2.45. The van der Waals surface area contributed by atoms with E-state index in [-0.39, 0.29) is 0 Å². The average molecular weight is 380 g/mol. The molecule has 5 nitrogen and oxygen atoms in total. The fraction of sp³-hybridized carbons (Fsp3) is 0.565. The zero-order valence-electron chi connectivity index (χ0n) is 17.5. The highest BCUT2D eigenvalue weighted by Gasteiger charge is 2.43. The van der Waals surface area contributed by atoms with Gasteiger partial charge < -0.3 is 9.80 Å². The van der Waals surface area contributed by atoms with Crippen molar-refractivity contribution in [2.45, 2.75) is 50.7 Å². The minimum Gasteiger partial charge on any atom is -0.341 e. The summed E-state index contributed by atoms with van der Waals surface area (Å²) in [7, 11) is 4.30. The highest BCUT2D eigenvalue weighted by Crippen LogP contribution is 2.40. The molecule has 0 aliphatic carbocycles. The van der Waals surface area contributed by atoms with Gasteiger partial charge in [0, 0.05) is 43.6 Å². The lowest BCUT2D eigenvalue weighted by Crippen LogP contribution is -2.52. The second-order valence-corrected chi connectivity index (χ2v) is 8.67. The van der Waals surface area contributed by atoms with Gasteiger partial charge in [0.15, 0.2) is 0 Å². The average Bonchev–Trinajstić information content (AvgIpc) is 3.10. The Balaban J connectivity index is 1.44. The van der Waals surface area contributed by atoms with Gasteiger partial charge in [-0.2, -0.15) is 0 Å². The maximum atomic E-state index is 4.44. The van der Waals surface area contributed by atoms with Crippen LogP contribution in [0.2, 0.25) is 0 Å². The lowest BCUT2D eigenvalue weighted by molar-refractivity contribution is 0.0994. The molecular formula is C23H33N5. The van der Waals surface area contributed by atoms with Gasteiger partial charge in [0.2, 0.25) is 5.95 Å². The summed E-state index contributed by atoms with van der Waals surface area (Å²) >= 11 is 0. The van der Waals surface area contributed by atoms with Crippen molar-refractivity contribution in [3.8, 4) is 0 Å². The molecule has 1 aromatic heterocycles. The van der Waals surface area contributed by atoms with Gasteiger partial charge in [-0.15, -0.1) is 0 Å². The number of nitrogens with zero attached hydrogens (tertiary/aromatic N) is 5. The van der Waals surface area contributed by atoms with E-state index < -0.39 is 0 Å². The zero-order valence-corrected chi connectivity index (χ0v) is 17.5. The number of hydrogen-bond donors (Lipinski definition) is 0. The third-order valence-electron chi connectivity index (χ3n) is 6.85. The summed E-state index contributed by atoms with van der Waals surface area (Å²) in [5, 5.41) is 0. The van der Waals surface area contributed by atoms with E-state index in [1.807, 2.05) is 18.5 Å². The summed E-state index contributed by atoms with van der Waals surface area (Å²) in [4.78, 5) is 16.3. The smallest absolute Gasteiger partial charge is 0.225 e. The van der Waals surface area contributed by atoms with Crippen molar-refractivity contribution < 1.29 is 0 Å². The molecular weight excluding hydrogens is 346 g/mol. The van der Waals surface area contributed by atoms with E-state index in [0.29, 0.717) is 11.6 Å². The van der Waals surface area contributed by atoms with Crippen LogP contribution < -0.4 is 4.90 Å². The van der Waals surface area contributed by atoms with Crippen LogP contribution >= 0.6 is 0 Å². The molecule has 0 amide bonds. The molecule has 1 aromatic carbocycles. The molecule has 4 rings (SSSR count). The molecule has 1 unspecified atom stereocenters. The Bertz CT molecular complexity index is 768. The number of aromatic nitrogens is 2.